The van der Waals surface area contributed by atoms with Crippen LogP contribution in [0.15, 0.2) is 5.38 Å². The Morgan fingerprint density at radius 1 is 1.40 bits per heavy atom. The molecular formula is C16H29N3S. The number of aryl methyl sites for hydroxylation is 1. The van der Waals surface area contributed by atoms with Crippen LogP contribution in [-0.4, -0.2) is 35.1 Å². The zero-order chi connectivity index (χ0) is 14.7. The first-order valence-corrected chi connectivity index (χ1v) is 8.72. The molecular weight excluding hydrogens is 266 g/mol. The molecule has 4 heteroatoms. The summed E-state index contributed by atoms with van der Waals surface area (Å²) in [5.41, 5.74) is 1.15. The van der Waals surface area contributed by atoms with Crippen molar-refractivity contribution in [2.45, 2.75) is 59.7 Å². The number of piperazine rings is 1. The number of hydrogen-bond acceptors (Lipinski definition) is 4. The van der Waals surface area contributed by atoms with E-state index >= 15 is 0 Å². The van der Waals surface area contributed by atoms with Gasteiger partial charge in [0.25, 0.3) is 0 Å². The Kier molecular flexibility index (Phi) is 5.58. The Bertz CT molecular complexity index is 414. The normalized spacial score (nSPS) is 24.8. The van der Waals surface area contributed by atoms with Gasteiger partial charge in [-0.3, -0.25) is 4.90 Å². The second kappa shape index (κ2) is 7.01. The lowest BCUT2D eigenvalue weighted by Crippen LogP contribution is -2.57. The Hall–Kier alpha value is -0.450. The van der Waals surface area contributed by atoms with Gasteiger partial charge in [-0.1, -0.05) is 27.7 Å². The number of aromatic nitrogens is 1. The molecule has 0 radical (unpaired) electrons. The maximum Gasteiger partial charge on any atom is 0.107 e. The first-order valence-electron chi connectivity index (χ1n) is 7.84. The molecule has 1 aromatic heterocycles. The molecule has 1 aromatic rings. The molecule has 0 aliphatic carbocycles. The molecule has 0 aromatic carbocycles. The van der Waals surface area contributed by atoms with Gasteiger partial charge in [0.05, 0.1) is 6.54 Å². The predicted molar refractivity (Wildman–Crippen MR) is 87.1 cm³/mol. The van der Waals surface area contributed by atoms with Crippen molar-refractivity contribution in [2.75, 3.05) is 13.1 Å². The van der Waals surface area contributed by atoms with Gasteiger partial charge in [-0.05, 0) is 25.2 Å². The van der Waals surface area contributed by atoms with Gasteiger partial charge >= 0.3 is 0 Å². The van der Waals surface area contributed by atoms with E-state index < -0.39 is 0 Å². The molecule has 2 rings (SSSR count). The van der Waals surface area contributed by atoms with Gasteiger partial charge in [-0.2, -0.15) is 0 Å². The van der Waals surface area contributed by atoms with Gasteiger partial charge in [-0.15, -0.1) is 11.3 Å². The summed E-state index contributed by atoms with van der Waals surface area (Å²) in [6, 6.07) is 1.26. The van der Waals surface area contributed by atoms with E-state index in [1.165, 1.54) is 11.4 Å². The molecule has 0 spiro atoms. The molecule has 2 heterocycles. The average Bonchev–Trinajstić information content (AvgIpc) is 2.76. The van der Waals surface area contributed by atoms with Crippen LogP contribution in [0.4, 0.5) is 0 Å². The molecule has 1 aliphatic heterocycles. The highest BCUT2D eigenvalue weighted by molar-refractivity contribution is 7.09. The summed E-state index contributed by atoms with van der Waals surface area (Å²) in [6.45, 7) is 14.6. The van der Waals surface area contributed by atoms with Crippen molar-refractivity contribution in [1.29, 1.82) is 0 Å². The minimum absolute atomic E-state index is 0.611. The van der Waals surface area contributed by atoms with Crippen molar-refractivity contribution in [1.82, 2.24) is 15.2 Å². The highest BCUT2D eigenvalue weighted by Crippen LogP contribution is 2.22. The van der Waals surface area contributed by atoms with Gasteiger partial charge in [0.2, 0.25) is 0 Å². The molecule has 20 heavy (non-hydrogen) atoms. The predicted octanol–water partition coefficient (Wildman–Crippen LogP) is 3.30. The molecule has 2 unspecified atom stereocenters. The van der Waals surface area contributed by atoms with E-state index in [0.717, 1.165) is 31.2 Å². The lowest BCUT2D eigenvalue weighted by Gasteiger charge is -2.42. The quantitative estimate of drug-likeness (QED) is 0.903. The fourth-order valence-electron chi connectivity index (χ4n) is 2.95. The summed E-state index contributed by atoms with van der Waals surface area (Å²) in [5.74, 6) is 1.44. The fraction of sp³-hybridized carbons (Fsp3) is 0.812. The zero-order valence-electron chi connectivity index (χ0n) is 13.5. The van der Waals surface area contributed by atoms with Gasteiger partial charge in [0.15, 0.2) is 0 Å². The maximum atomic E-state index is 4.64. The van der Waals surface area contributed by atoms with E-state index in [1.54, 1.807) is 11.3 Å². The van der Waals surface area contributed by atoms with Crippen molar-refractivity contribution >= 4 is 11.3 Å². The van der Waals surface area contributed by atoms with Crippen LogP contribution >= 0.6 is 11.3 Å². The van der Waals surface area contributed by atoms with Crippen LogP contribution < -0.4 is 5.32 Å². The first kappa shape index (κ1) is 15.9. The van der Waals surface area contributed by atoms with Crippen molar-refractivity contribution in [3.05, 3.63) is 16.1 Å². The average molecular weight is 295 g/mol. The third-order valence-electron chi connectivity index (χ3n) is 4.12. The number of nitrogens with zero attached hydrogens (tertiary/aromatic N) is 2. The molecule has 114 valence electrons. The third kappa shape index (κ3) is 4.27. The van der Waals surface area contributed by atoms with E-state index in [2.05, 4.69) is 55.2 Å². The van der Waals surface area contributed by atoms with Crippen LogP contribution in [-0.2, 0) is 6.54 Å². The smallest absolute Gasteiger partial charge is 0.107 e. The Morgan fingerprint density at radius 2 is 2.15 bits per heavy atom. The minimum Gasteiger partial charge on any atom is -0.311 e. The molecule has 0 bridgehead atoms. The van der Waals surface area contributed by atoms with Crippen LogP contribution in [0.5, 0.6) is 0 Å². The lowest BCUT2D eigenvalue weighted by molar-refractivity contribution is 0.0923. The molecule has 1 saturated heterocycles. The molecule has 0 amide bonds. The second-order valence-corrected chi connectivity index (χ2v) is 7.80. The van der Waals surface area contributed by atoms with Gasteiger partial charge in [0.1, 0.15) is 5.01 Å². The second-order valence-electron chi connectivity index (χ2n) is 6.85. The summed E-state index contributed by atoms with van der Waals surface area (Å²) < 4.78 is 0. The highest BCUT2D eigenvalue weighted by Gasteiger charge is 2.30. The van der Waals surface area contributed by atoms with Crippen molar-refractivity contribution in [3.63, 3.8) is 0 Å². The van der Waals surface area contributed by atoms with Crippen LogP contribution in [0.25, 0.3) is 0 Å². The van der Waals surface area contributed by atoms with Crippen LogP contribution in [0.2, 0.25) is 0 Å². The number of nitrogens with one attached hydrogen (secondary N) is 1. The minimum atomic E-state index is 0.611. The standard InChI is InChI=1S/C16H29N3S/c1-11(2)6-14-7-17-15(12(3)4)8-19(14)9-16-18-13(5)10-20-16/h10-12,14-15,17H,6-9H2,1-5H3. The van der Waals surface area contributed by atoms with E-state index in [0.29, 0.717) is 18.0 Å². The van der Waals surface area contributed by atoms with Gasteiger partial charge in [0, 0.05) is 36.2 Å². The van der Waals surface area contributed by atoms with E-state index in [-0.39, 0.29) is 0 Å². The monoisotopic (exact) mass is 295 g/mol. The topological polar surface area (TPSA) is 28.2 Å². The van der Waals surface area contributed by atoms with Crippen molar-refractivity contribution in [3.8, 4) is 0 Å². The Labute approximate surface area is 127 Å². The SMILES string of the molecule is Cc1csc(CN2CC(C(C)C)NCC2CC(C)C)n1. The molecule has 1 aliphatic rings. The number of hydrogen-bond donors (Lipinski definition) is 1. The Morgan fingerprint density at radius 3 is 2.70 bits per heavy atom. The van der Waals surface area contributed by atoms with Crippen LogP contribution in [0.1, 0.15) is 44.8 Å². The Balaban J connectivity index is 2.04. The summed E-state index contributed by atoms with van der Waals surface area (Å²) >= 11 is 1.80. The van der Waals surface area contributed by atoms with Crippen molar-refractivity contribution < 1.29 is 0 Å². The van der Waals surface area contributed by atoms with Crippen LogP contribution in [0.3, 0.4) is 0 Å². The summed E-state index contributed by atoms with van der Waals surface area (Å²) in [6.07, 6.45) is 1.27. The summed E-state index contributed by atoms with van der Waals surface area (Å²) in [7, 11) is 0. The highest BCUT2D eigenvalue weighted by atomic mass is 32.1. The van der Waals surface area contributed by atoms with E-state index in [9.17, 15) is 0 Å². The molecule has 1 fully saturated rings. The van der Waals surface area contributed by atoms with Crippen molar-refractivity contribution in [2.24, 2.45) is 11.8 Å². The zero-order valence-corrected chi connectivity index (χ0v) is 14.3. The van der Waals surface area contributed by atoms with E-state index in [4.69, 9.17) is 0 Å². The van der Waals surface area contributed by atoms with Gasteiger partial charge < -0.3 is 5.32 Å². The molecule has 3 nitrogen and oxygen atoms in total. The summed E-state index contributed by atoms with van der Waals surface area (Å²) in [5, 5.41) is 7.16. The number of rotatable bonds is 5. The van der Waals surface area contributed by atoms with Crippen LogP contribution in [0, 0.1) is 18.8 Å². The molecule has 2 atom stereocenters. The molecule has 1 N–H and O–H groups in total. The first-order chi connectivity index (χ1) is 9.45. The fourth-order valence-corrected chi connectivity index (χ4v) is 3.74. The molecule has 0 saturated carbocycles. The third-order valence-corrected chi connectivity index (χ3v) is 5.07. The summed E-state index contributed by atoms with van der Waals surface area (Å²) in [4.78, 5) is 7.30. The number of thiazole rings is 1. The van der Waals surface area contributed by atoms with Gasteiger partial charge in [-0.25, -0.2) is 4.98 Å². The largest absolute Gasteiger partial charge is 0.311 e. The lowest BCUT2D eigenvalue weighted by atomic mass is 9.95. The van der Waals surface area contributed by atoms with E-state index in [1.807, 2.05) is 0 Å². The maximum absolute atomic E-state index is 4.64.